The monoisotopic (exact) mass is 570 g/mol. The summed E-state index contributed by atoms with van der Waals surface area (Å²) in [7, 11) is 0. The molecule has 0 aromatic carbocycles. The summed E-state index contributed by atoms with van der Waals surface area (Å²) in [6.07, 6.45) is 18.2. The van der Waals surface area contributed by atoms with Crippen molar-refractivity contribution in [3.63, 3.8) is 0 Å². The first kappa shape index (κ1) is 27.7. The predicted octanol–water partition coefficient (Wildman–Crippen LogP) is 10.6. The molecule has 0 saturated heterocycles. The summed E-state index contributed by atoms with van der Waals surface area (Å²) >= 11 is 2.06. The fourth-order valence-corrected chi connectivity index (χ4v) is 27.0. The van der Waals surface area contributed by atoms with Crippen molar-refractivity contribution in [2.75, 3.05) is 0 Å². The summed E-state index contributed by atoms with van der Waals surface area (Å²) in [5, 5.41) is 2.52. The summed E-state index contributed by atoms with van der Waals surface area (Å²) in [5.74, 6) is 0.900. The Morgan fingerprint density at radius 1 is 0.742 bits per heavy atom. The molecule has 31 heavy (non-hydrogen) atoms. The number of thiophene rings is 2. The SMILES string of the molecule is CCCCC(CCCC)Cc1csc2c[c]([Sn]([CH2]CCC)([CH2]CCC)[CH2]CCC)sc12. The minimum absolute atomic E-state index is 0.900. The van der Waals surface area contributed by atoms with E-state index in [0.29, 0.717) is 0 Å². The van der Waals surface area contributed by atoms with E-state index in [-0.39, 0.29) is 0 Å². The molecule has 0 N–H and O–H groups in total. The first-order valence-corrected chi connectivity index (χ1v) is 22.8. The molecule has 0 spiro atoms. The number of hydrogen-bond donors (Lipinski definition) is 0. The van der Waals surface area contributed by atoms with E-state index in [9.17, 15) is 0 Å². The van der Waals surface area contributed by atoms with Crippen molar-refractivity contribution in [1.29, 1.82) is 0 Å². The van der Waals surface area contributed by atoms with Crippen molar-refractivity contribution in [2.45, 2.75) is 131 Å². The maximum absolute atomic E-state index is 2.72. The third-order valence-corrected chi connectivity index (χ3v) is 27.8. The van der Waals surface area contributed by atoms with Crippen molar-refractivity contribution in [1.82, 2.24) is 0 Å². The Morgan fingerprint density at radius 2 is 1.26 bits per heavy atom. The summed E-state index contributed by atoms with van der Waals surface area (Å²) in [6.45, 7) is 11.9. The standard InChI is InChI=1S/C16H23S2.3C4H9.Sn/c1-3-5-7-13(8-6-4-2)11-14-12-18-15-9-10-17-16(14)15;3*1-3-4-2;/h9,12-13H,3-8,11H2,1-2H3;3*1,3-4H2,2H3;. The van der Waals surface area contributed by atoms with Gasteiger partial charge in [0, 0.05) is 0 Å². The molecule has 0 saturated carbocycles. The normalized spacial score (nSPS) is 12.5. The van der Waals surface area contributed by atoms with Gasteiger partial charge in [-0.05, 0) is 0 Å². The van der Waals surface area contributed by atoms with Gasteiger partial charge >= 0.3 is 208 Å². The van der Waals surface area contributed by atoms with Gasteiger partial charge in [-0.2, -0.15) is 0 Å². The molecular formula is C28H50S2Sn. The van der Waals surface area contributed by atoms with E-state index in [1.165, 1.54) is 83.5 Å². The van der Waals surface area contributed by atoms with Crippen LogP contribution in [0.15, 0.2) is 11.4 Å². The van der Waals surface area contributed by atoms with Gasteiger partial charge in [0.05, 0.1) is 0 Å². The zero-order valence-corrected chi connectivity index (χ0v) is 25.8. The molecule has 0 radical (unpaired) electrons. The van der Waals surface area contributed by atoms with Gasteiger partial charge in [-0.1, -0.05) is 0 Å². The van der Waals surface area contributed by atoms with Crippen LogP contribution in [0, 0.1) is 5.92 Å². The van der Waals surface area contributed by atoms with Crippen molar-refractivity contribution in [3.05, 3.63) is 17.0 Å². The third-order valence-electron chi connectivity index (χ3n) is 7.31. The number of hydrogen-bond acceptors (Lipinski definition) is 2. The van der Waals surface area contributed by atoms with Crippen LogP contribution in [0.3, 0.4) is 0 Å². The summed E-state index contributed by atoms with van der Waals surface area (Å²) in [6, 6.07) is 2.72. The molecule has 178 valence electrons. The second kappa shape index (κ2) is 15.4. The van der Waals surface area contributed by atoms with E-state index < -0.39 is 18.4 Å². The van der Waals surface area contributed by atoms with E-state index >= 15 is 0 Å². The third kappa shape index (κ3) is 8.32. The Bertz CT molecular complexity index is 684. The van der Waals surface area contributed by atoms with Gasteiger partial charge < -0.3 is 0 Å². The van der Waals surface area contributed by atoms with E-state index in [0.717, 1.165) is 5.92 Å². The number of fused-ring (bicyclic) bond motifs is 1. The van der Waals surface area contributed by atoms with Gasteiger partial charge in [0.25, 0.3) is 0 Å². The van der Waals surface area contributed by atoms with E-state index in [4.69, 9.17) is 0 Å². The average molecular weight is 570 g/mol. The quantitative estimate of drug-likeness (QED) is 0.157. The van der Waals surface area contributed by atoms with E-state index in [1.807, 2.05) is 2.89 Å². The molecule has 0 atom stereocenters. The summed E-state index contributed by atoms with van der Waals surface area (Å²) < 4.78 is 10.1. The van der Waals surface area contributed by atoms with E-state index in [2.05, 4.69) is 68.7 Å². The van der Waals surface area contributed by atoms with Crippen molar-refractivity contribution >= 4 is 53.3 Å². The molecule has 2 aromatic heterocycles. The van der Waals surface area contributed by atoms with E-state index in [1.54, 1.807) is 28.3 Å². The van der Waals surface area contributed by atoms with Gasteiger partial charge in [0.1, 0.15) is 0 Å². The van der Waals surface area contributed by atoms with Crippen LogP contribution >= 0.6 is 22.7 Å². The first-order chi connectivity index (χ1) is 15.1. The predicted molar refractivity (Wildman–Crippen MR) is 150 cm³/mol. The van der Waals surface area contributed by atoms with Gasteiger partial charge in [-0.15, -0.1) is 0 Å². The molecule has 2 heterocycles. The van der Waals surface area contributed by atoms with Crippen LogP contribution in [0.5, 0.6) is 0 Å². The zero-order valence-electron chi connectivity index (χ0n) is 21.4. The van der Waals surface area contributed by atoms with Gasteiger partial charge in [0.2, 0.25) is 0 Å². The zero-order chi connectivity index (χ0) is 22.5. The second-order valence-corrected chi connectivity index (χ2v) is 26.1. The Morgan fingerprint density at radius 3 is 1.74 bits per heavy atom. The molecule has 0 unspecified atom stereocenters. The minimum atomic E-state index is -2.28. The van der Waals surface area contributed by atoms with Crippen LogP contribution in [-0.2, 0) is 6.42 Å². The van der Waals surface area contributed by atoms with Crippen LogP contribution in [0.25, 0.3) is 9.40 Å². The first-order valence-electron chi connectivity index (χ1n) is 13.6. The van der Waals surface area contributed by atoms with Crippen molar-refractivity contribution < 1.29 is 0 Å². The molecule has 0 amide bonds. The summed E-state index contributed by atoms with van der Waals surface area (Å²) in [5.41, 5.74) is 1.70. The fraction of sp³-hybridized carbons (Fsp3) is 0.786. The second-order valence-electron chi connectivity index (χ2n) is 10.0. The van der Waals surface area contributed by atoms with Crippen LogP contribution < -0.4 is 2.89 Å². The topological polar surface area (TPSA) is 0 Å². The molecule has 2 aromatic rings. The maximum atomic E-state index is 2.72. The van der Waals surface area contributed by atoms with Gasteiger partial charge in [0.15, 0.2) is 0 Å². The Balaban J connectivity index is 2.31. The van der Waals surface area contributed by atoms with Crippen LogP contribution in [0.4, 0.5) is 0 Å². The Kier molecular flexibility index (Phi) is 13.7. The molecule has 2 rings (SSSR count). The van der Waals surface area contributed by atoms with Crippen LogP contribution in [0.1, 0.15) is 117 Å². The average Bonchev–Trinajstić information content (AvgIpc) is 3.37. The van der Waals surface area contributed by atoms with Crippen LogP contribution in [-0.4, -0.2) is 18.4 Å². The van der Waals surface area contributed by atoms with Gasteiger partial charge in [-0.25, -0.2) is 0 Å². The molecule has 0 aliphatic carbocycles. The fourth-order valence-electron chi connectivity index (χ4n) is 5.21. The molecule has 0 bridgehead atoms. The number of rotatable bonds is 18. The summed E-state index contributed by atoms with van der Waals surface area (Å²) in [4.78, 5) is 0. The Labute approximate surface area is 206 Å². The Hall–Kier alpha value is 0.459. The molecule has 0 fully saturated rings. The van der Waals surface area contributed by atoms with Crippen LogP contribution in [0.2, 0.25) is 13.3 Å². The molecular weight excluding hydrogens is 519 g/mol. The molecule has 3 heteroatoms. The molecule has 0 nitrogen and oxygen atoms in total. The molecule has 0 aliphatic heterocycles. The van der Waals surface area contributed by atoms with Gasteiger partial charge in [-0.3, -0.25) is 0 Å². The van der Waals surface area contributed by atoms with Crippen molar-refractivity contribution in [3.8, 4) is 0 Å². The number of unbranched alkanes of at least 4 members (excludes halogenated alkanes) is 5. The molecule has 0 aliphatic rings. The van der Waals surface area contributed by atoms with Crippen molar-refractivity contribution in [2.24, 2.45) is 5.92 Å².